The van der Waals surface area contributed by atoms with E-state index in [1.807, 2.05) is 54.6 Å². The lowest BCUT2D eigenvalue weighted by molar-refractivity contribution is -0.142. The maximum absolute atomic E-state index is 11.8. The summed E-state index contributed by atoms with van der Waals surface area (Å²) in [6.45, 7) is 4.21. The number of esters is 1. The van der Waals surface area contributed by atoms with Crippen LogP contribution in [0.4, 0.5) is 0 Å². The Morgan fingerprint density at radius 2 is 1.82 bits per heavy atom. The van der Waals surface area contributed by atoms with Crippen LogP contribution >= 0.6 is 0 Å². The summed E-state index contributed by atoms with van der Waals surface area (Å²) in [6.07, 6.45) is 2.28. The van der Waals surface area contributed by atoms with Gasteiger partial charge < -0.3 is 9.47 Å². The molecule has 0 fully saturated rings. The Labute approximate surface area is 131 Å². The molecule has 0 N–H and O–H groups in total. The monoisotopic (exact) mass is 296 g/mol. The first kappa shape index (κ1) is 15.8. The number of ether oxygens (including phenoxy) is 2. The van der Waals surface area contributed by atoms with Crippen molar-refractivity contribution in [2.24, 2.45) is 0 Å². The molecule has 0 saturated heterocycles. The van der Waals surface area contributed by atoms with Crippen molar-refractivity contribution in [3.63, 3.8) is 0 Å². The minimum Gasteiger partial charge on any atom is -0.489 e. The van der Waals surface area contributed by atoms with Crippen molar-refractivity contribution in [3.05, 3.63) is 78.4 Å². The molecule has 0 amide bonds. The molecular formula is C19H20O3. The fourth-order valence-corrected chi connectivity index (χ4v) is 2.21. The highest BCUT2D eigenvalue weighted by Gasteiger charge is 2.19. The molecule has 1 atom stereocenters. The van der Waals surface area contributed by atoms with Crippen molar-refractivity contribution in [3.8, 4) is 5.75 Å². The quantitative estimate of drug-likeness (QED) is 0.570. The maximum Gasteiger partial charge on any atom is 0.313 e. The summed E-state index contributed by atoms with van der Waals surface area (Å²) < 4.78 is 10.6. The molecule has 0 aliphatic rings. The van der Waals surface area contributed by atoms with Crippen LogP contribution in [0.3, 0.4) is 0 Å². The van der Waals surface area contributed by atoms with Crippen molar-refractivity contribution in [2.45, 2.75) is 18.9 Å². The molecule has 0 aliphatic carbocycles. The second-order valence-electron chi connectivity index (χ2n) is 4.94. The van der Waals surface area contributed by atoms with Gasteiger partial charge in [-0.15, -0.1) is 6.58 Å². The van der Waals surface area contributed by atoms with E-state index in [0.29, 0.717) is 13.0 Å². The normalized spacial score (nSPS) is 11.5. The van der Waals surface area contributed by atoms with Crippen molar-refractivity contribution >= 4 is 5.97 Å². The van der Waals surface area contributed by atoms with Crippen molar-refractivity contribution in [1.82, 2.24) is 0 Å². The van der Waals surface area contributed by atoms with E-state index in [9.17, 15) is 4.79 Å². The van der Waals surface area contributed by atoms with Crippen LogP contribution in [0.5, 0.6) is 5.75 Å². The molecule has 0 bridgehead atoms. The van der Waals surface area contributed by atoms with E-state index in [0.717, 1.165) is 16.9 Å². The topological polar surface area (TPSA) is 35.5 Å². The van der Waals surface area contributed by atoms with Gasteiger partial charge in [0.05, 0.1) is 13.0 Å². The third kappa shape index (κ3) is 4.22. The van der Waals surface area contributed by atoms with Crippen LogP contribution in [-0.4, -0.2) is 13.1 Å². The Morgan fingerprint density at radius 3 is 2.41 bits per heavy atom. The third-order valence-corrected chi connectivity index (χ3v) is 3.42. The Morgan fingerprint density at radius 1 is 1.14 bits per heavy atom. The zero-order valence-electron chi connectivity index (χ0n) is 12.7. The van der Waals surface area contributed by atoms with Gasteiger partial charge in [0.2, 0.25) is 0 Å². The fraction of sp³-hybridized carbons (Fsp3) is 0.211. The summed E-state index contributed by atoms with van der Waals surface area (Å²) in [5.74, 6) is 0.207. The number of carbonyl (C=O) groups is 1. The van der Waals surface area contributed by atoms with Crippen molar-refractivity contribution in [1.29, 1.82) is 0 Å². The van der Waals surface area contributed by atoms with Crippen molar-refractivity contribution in [2.75, 3.05) is 7.11 Å². The summed E-state index contributed by atoms with van der Waals surface area (Å²) >= 11 is 0. The van der Waals surface area contributed by atoms with Gasteiger partial charge in [-0.3, -0.25) is 4.79 Å². The van der Waals surface area contributed by atoms with E-state index in [-0.39, 0.29) is 11.9 Å². The van der Waals surface area contributed by atoms with Crippen molar-refractivity contribution < 1.29 is 14.3 Å². The Kier molecular flexibility index (Phi) is 5.78. The summed E-state index contributed by atoms with van der Waals surface area (Å²) in [6, 6.07) is 17.5. The Balaban J connectivity index is 2.02. The molecule has 0 aromatic heterocycles. The highest BCUT2D eigenvalue weighted by atomic mass is 16.5. The molecule has 0 heterocycles. The number of hydrogen-bond acceptors (Lipinski definition) is 3. The first-order valence-electron chi connectivity index (χ1n) is 7.20. The molecule has 0 saturated carbocycles. The number of benzene rings is 2. The van der Waals surface area contributed by atoms with Gasteiger partial charge in [0.15, 0.2) is 0 Å². The predicted molar refractivity (Wildman–Crippen MR) is 86.8 cm³/mol. The van der Waals surface area contributed by atoms with E-state index >= 15 is 0 Å². The average molecular weight is 296 g/mol. The van der Waals surface area contributed by atoms with Gasteiger partial charge in [-0.1, -0.05) is 48.5 Å². The van der Waals surface area contributed by atoms with Gasteiger partial charge in [-0.05, 0) is 29.7 Å². The van der Waals surface area contributed by atoms with Gasteiger partial charge in [-0.2, -0.15) is 0 Å². The molecule has 0 aliphatic heterocycles. The Hall–Kier alpha value is -2.55. The largest absolute Gasteiger partial charge is 0.489 e. The van der Waals surface area contributed by atoms with E-state index in [4.69, 9.17) is 9.47 Å². The van der Waals surface area contributed by atoms with Gasteiger partial charge >= 0.3 is 5.97 Å². The fourth-order valence-electron chi connectivity index (χ4n) is 2.21. The lowest BCUT2D eigenvalue weighted by atomic mass is 9.96. The summed E-state index contributed by atoms with van der Waals surface area (Å²) in [4.78, 5) is 11.8. The summed E-state index contributed by atoms with van der Waals surface area (Å²) in [5.41, 5.74) is 2.02. The second-order valence-corrected chi connectivity index (χ2v) is 4.94. The molecule has 3 nitrogen and oxygen atoms in total. The molecule has 2 aromatic carbocycles. The lowest BCUT2D eigenvalue weighted by Gasteiger charge is -2.14. The number of allylic oxidation sites excluding steroid dienone is 1. The first-order chi connectivity index (χ1) is 10.7. The highest BCUT2D eigenvalue weighted by Crippen LogP contribution is 2.24. The van der Waals surface area contributed by atoms with Gasteiger partial charge in [0.1, 0.15) is 12.4 Å². The molecule has 3 heteroatoms. The highest BCUT2D eigenvalue weighted by molar-refractivity contribution is 5.78. The molecule has 2 aromatic rings. The number of carbonyl (C=O) groups excluding carboxylic acids is 1. The first-order valence-corrected chi connectivity index (χ1v) is 7.20. The number of hydrogen-bond donors (Lipinski definition) is 0. The minimum atomic E-state index is -0.314. The van der Waals surface area contributed by atoms with Gasteiger partial charge in [-0.25, -0.2) is 0 Å². The summed E-state index contributed by atoms with van der Waals surface area (Å²) in [5, 5.41) is 0. The zero-order valence-corrected chi connectivity index (χ0v) is 12.7. The molecular weight excluding hydrogens is 276 g/mol. The van der Waals surface area contributed by atoms with Crippen LogP contribution in [0, 0.1) is 0 Å². The summed E-state index contributed by atoms with van der Waals surface area (Å²) in [7, 11) is 1.40. The van der Waals surface area contributed by atoms with Crippen LogP contribution in [0.1, 0.15) is 23.5 Å². The van der Waals surface area contributed by atoms with Gasteiger partial charge in [0, 0.05) is 0 Å². The average Bonchev–Trinajstić information content (AvgIpc) is 2.59. The third-order valence-electron chi connectivity index (χ3n) is 3.42. The molecule has 0 spiro atoms. The van der Waals surface area contributed by atoms with Crippen LogP contribution in [0.25, 0.3) is 0 Å². The smallest absolute Gasteiger partial charge is 0.313 e. The lowest BCUT2D eigenvalue weighted by Crippen LogP contribution is -2.13. The van der Waals surface area contributed by atoms with Crippen LogP contribution < -0.4 is 4.74 Å². The zero-order chi connectivity index (χ0) is 15.8. The van der Waals surface area contributed by atoms with Crippen LogP contribution in [-0.2, 0) is 16.1 Å². The molecule has 0 radical (unpaired) electrons. The van der Waals surface area contributed by atoms with E-state index in [1.54, 1.807) is 6.08 Å². The number of methoxy groups -OCH3 is 1. The number of rotatable bonds is 7. The second kappa shape index (κ2) is 8.03. The molecule has 22 heavy (non-hydrogen) atoms. The van der Waals surface area contributed by atoms with E-state index in [1.165, 1.54) is 7.11 Å². The predicted octanol–water partition coefficient (Wildman–Crippen LogP) is 4.10. The van der Waals surface area contributed by atoms with E-state index in [2.05, 4.69) is 6.58 Å². The minimum absolute atomic E-state index is 0.252. The van der Waals surface area contributed by atoms with E-state index < -0.39 is 0 Å². The van der Waals surface area contributed by atoms with Gasteiger partial charge in [0.25, 0.3) is 0 Å². The standard InChI is InChI=1S/C19H20O3/c1-3-7-18(19(20)21-2)16-10-12-17(13-11-16)22-14-15-8-5-4-6-9-15/h3-6,8-13,18H,1,7,14H2,2H3/t18-/m0/s1. The molecule has 2 rings (SSSR count). The molecule has 0 unspecified atom stereocenters. The van der Waals surface area contributed by atoms with Crippen LogP contribution in [0.2, 0.25) is 0 Å². The van der Waals surface area contributed by atoms with Crippen LogP contribution in [0.15, 0.2) is 67.3 Å². The Bertz CT molecular complexity index is 602. The maximum atomic E-state index is 11.8. The SMILES string of the molecule is C=CC[C@H](C(=O)OC)c1ccc(OCc2ccccc2)cc1. The molecule has 114 valence electrons.